The zero-order chi connectivity index (χ0) is 15.2. The van der Waals surface area contributed by atoms with Crippen LogP contribution in [0.25, 0.3) is 0 Å². The highest BCUT2D eigenvalue weighted by Crippen LogP contribution is 2.25. The van der Waals surface area contributed by atoms with E-state index in [1.807, 2.05) is 66.7 Å². The summed E-state index contributed by atoms with van der Waals surface area (Å²) in [6, 6.07) is 24.9. The van der Waals surface area contributed by atoms with Gasteiger partial charge in [0.15, 0.2) is 0 Å². The lowest BCUT2D eigenvalue weighted by molar-refractivity contribution is 0.306. The summed E-state index contributed by atoms with van der Waals surface area (Å²) in [5.74, 6) is 2.32. The molecule has 3 aromatic carbocycles. The Hall–Kier alpha value is -2.45. The Kier molecular flexibility index (Phi) is 4.62. The van der Waals surface area contributed by atoms with Crippen LogP contribution in [0.3, 0.4) is 0 Å². The number of benzene rings is 3. The molecule has 0 atom stereocenters. The lowest BCUT2D eigenvalue weighted by Crippen LogP contribution is -1.94. The second kappa shape index (κ2) is 7.01. The molecular weight excluding hydrogens is 296 g/mol. The van der Waals surface area contributed by atoms with Crippen LogP contribution in [0.5, 0.6) is 17.2 Å². The summed E-state index contributed by atoms with van der Waals surface area (Å²) in [5, 5.41) is 0.692. The van der Waals surface area contributed by atoms with Crippen LogP contribution in [0.1, 0.15) is 5.56 Å². The molecule has 0 bridgehead atoms. The first-order chi connectivity index (χ1) is 10.8. The van der Waals surface area contributed by atoms with E-state index in [4.69, 9.17) is 21.1 Å². The van der Waals surface area contributed by atoms with Crippen molar-refractivity contribution in [2.75, 3.05) is 0 Å². The van der Waals surface area contributed by atoms with E-state index >= 15 is 0 Å². The lowest BCUT2D eigenvalue weighted by atomic mass is 10.2. The van der Waals surface area contributed by atoms with E-state index in [0.29, 0.717) is 11.6 Å². The molecule has 0 amide bonds. The molecule has 0 radical (unpaired) electrons. The van der Waals surface area contributed by atoms with Gasteiger partial charge >= 0.3 is 0 Å². The highest BCUT2D eigenvalue weighted by Gasteiger charge is 1.99. The maximum absolute atomic E-state index is 5.85. The average molecular weight is 311 g/mol. The van der Waals surface area contributed by atoms with Gasteiger partial charge in [0.25, 0.3) is 0 Å². The molecule has 0 aliphatic carbocycles. The Morgan fingerprint density at radius 2 is 1.18 bits per heavy atom. The molecule has 110 valence electrons. The molecule has 0 aliphatic heterocycles. The van der Waals surface area contributed by atoms with Gasteiger partial charge in [-0.3, -0.25) is 0 Å². The van der Waals surface area contributed by atoms with Crippen molar-refractivity contribution in [1.29, 1.82) is 0 Å². The van der Waals surface area contributed by atoms with Gasteiger partial charge in [-0.15, -0.1) is 0 Å². The molecule has 3 aromatic rings. The van der Waals surface area contributed by atoms with Gasteiger partial charge in [-0.05, 0) is 54.1 Å². The van der Waals surface area contributed by atoms with Crippen molar-refractivity contribution in [3.05, 3.63) is 89.4 Å². The number of hydrogen-bond acceptors (Lipinski definition) is 2. The summed E-state index contributed by atoms with van der Waals surface area (Å²) in [5.41, 5.74) is 1.14. The van der Waals surface area contributed by atoms with Gasteiger partial charge in [-0.1, -0.05) is 41.9 Å². The predicted octanol–water partition coefficient (Wildman–Crippen LogP) is 5.71. The fraction of sp³-hybridized carbons (Fsp3) is 0.0526. The van der Waals surface area contributed by atoms with Crippen LogP contribution in [-0.4, -0.2) is 0 Å². The number of ether oxygens (including phenoxy) is 2. The predicted molar refractivity (Wildman–Crippen MR) is 88.7 cm³/mol. The molecule has 3 rings (SSSR count). The molecule has 0 spiro atoms. The van der Waals surface area contributed by atoms with Crippen LogP contribution in [0.2, 0.25) is 5.02 Å². The Balaban J connectivity index is 1.59. The van der Waals surface area contributed by atoms with Crippen molar-refractivity contribution < 1.29 is 9.47 Å². The zero-order valence-corrected chi connectivity index (χ0v) is 12.7. The summed E-state index contributed by atoms with van der Waals surface area (Å²) in [4.78, 5) is 0. The minimum atomic E-state index is 0.554. The van der Waals surface area contributed by atoms with Crippen molar-refractivity contribution in [1.82, 2.24) is 0 Å². The Labute approximate surface area is 134 Å². The van der Waals surface area contributed by atoms with Gasteiger partial charge in [0.05, 0.1) is 0 Å². The molecule has 0 unspecified atom stereocenters. The standard InChI is InChI=1S/C19H15ClO2/c20-16-6-8-18(9-7-16)22-19-12-10-17(11-13-19)21-14-15-4-2-1-3-5-15/h1-13H,14H2. The van der Waals surface area contributed by atoms with Crippen LogP contribution < -0.4 is 9.47 Å². The third kappa shape index (κ3) is 4.03. The van der Waals surface area contributed by atoms with Gasteiger partial charge in [0.2, 0.25) is 0 Å². The van der Waals surface area contributed by atoms with Gasteiger partial charge < -0.3 is 9.47 Å². The van der Waals surface area contributed by atoms with E-state index in [1.54, 1.807) is 12.1 Å². The van der Waals surface area contributed by atoms with E-state index in [1.165, 1.54) is 0 Å². The highest BCUT2D eigenvalue weighted by molar-refractivity contribution is 6.30. The third-order valence-electron chi connectivity index (χ3n) is 3.12. The number of hydrogen-bond donors (Lipinski definition) is 0. The molecule has 0 saturated heterocycles. The Bertz CT molecular complexity index is 707. The largest absolute Gasteiger partial charge is 0.489 e. The molecular formula is C19H15ClO2. The van der Waals surface area contributed by atoms with E-state index in [0.717, 1.165) is 22.8 Å². The molecule has 0 heterocycles. The van der Waals surface area contributed by atoms with Crippen molar-refractivity contribution >= 4 is 11.6 Å². The van der Waals surface area contributed by atoms with Gasteiger partial charge in [-0.25, -0.2) is 0 Å². The fourth-order valence-corrected chi connectivity index (χ4v) is 2.11. The first-order valence-electron chi connectivity index (χ1n) is 7.00. The maximum atomic E-state index is 5.85. The minimum Gasteiger partial charge on any atom is -0.489 e. The van der Waals surface area contributed by atoms with E-state index in [2.05, 4.69) is 0 Å². The van der Waals surface area contributed by atoms with E-state index in [9.17, 15) is 0 Å². The molecule has 2 nitrogen and oxygen atoms in total. The van der Waals surface area contributed by atoms with Crippen molar-refractivity contribution in [3.63, 3.8) is 0 Å². The molecule has 0 fully saturated rings. The van der Waals surface area contributed by atoms with Crippen molar-refractivity contribution in [3.8, 4) is 17.2 Å². The fourth-order valence-electron chi connectivity index (χ4n) is 1.98. The lowest BCUT2D eigenvalue weighted by Gasteiger charge is -2.08. The van der Waals surface area contributed by atoms with Gasteiger partial charge in [0.1, 0.15) is 23.9 Å². The Morgan fingerprint density at radius 3 is 1.82 bits per heavy atom. The SMILES string of the molecule is Clc1ccc(Oc2ccc(OCc3ccccc3)cc2)cc1. The van der Waals surface area contributed by atoms with Gasteiger partial charge in [-0.2, -0.15) is 0 Å². The highest BCUT2D eigenvalue weighted by atomic mass is 35.5. The van der Waals surface area contributed by atoms with Gasteiger partial charge in [0, 0.05) is 5.02 Å². The normalized spacial score (nSPS) is 10.2. The Morgan fingerprint density at radius 1 is 0.636 bits per heavy atom. The summed E-state index contributed by atoms with van der Waals surface area (Å²) < 4.78 is 11.5. The van der Waals surface area contributed by atoms with E-state index < -0.39 is 0 Å². The van der Waals surface area contributed by atoms with Crippen LogP contribution in [0.4, 0.5) is 0 Å². The summed E-state index contributed by atoms with van der Waals surface area (Å²) >= 11 is 5.85. The van der Waals surface area contributed by atoms with Crippen molar-refractivity contribution in [2.24, 2.45) is 0 Å². The van der Waals surface area contributed by atoms with Crippen LogP contribution in [0, 0.1) is 0 Å². The molecule has 0 aliphatic rings. The number of halogens is 1. The minimum absolute atomic E-state index is 0.554. The first kappa shape index (κ1) is 14.5. The summed E-state index contributed by atoms with van der Waals surface area (Å²) in [6.45, 7) is 0.554. The molecule has 0 saturated carbocycles. The first-order valence-corrected chi connectivity index (χ1v) is 7.37. The quantitative estimate of drug-likeness (QED) is 0.601. The maximum Gasteiger partial charge on any atom is 0.127 e. The second-order valence-corrected chi connectivity index (χ2v) is 5.24. The van der Waals surface area contributed by atoms with Crippen LogP contribution in [0.15, 0.2) is 78.9 Å². The molecule has 3 heteroatoms. The summed E-state index contributed by atoms with van der Waals surface area (Å²) in [6.07, 6.45) is 0. The summed E-state index contributed by atoms with van der Waals surface area (Å²) in [7, 11) is 0. The molecule has 22 heavy (non-hydrogen) atoms. The molecule has 0 N–H and O–H groups in total. The van der Waals surface area contributed by atoms with Crippen LogP contribution in [-0.2, 0) is 6.61 Å². The number of rotatable bonds is 5. The zero-order valence-electron chi connectivity index (χ0n) is 11.9. The second-order valence-electron chi connectivity index (χ2n) is 4.80. The van der Waals surface area contributed by atoms with Crippen LogP contribution >= 0.6 is 11.6 Å². The smallest absolute Gasteiger partial charge is 0.127 e. The van der Waals surface area contributed by atoms with Crippen molar-refractivity contribution in [2.45, 2.75) is 6.61 Å². The topological polar surface area (TPSA) is 18.5 Å². The van der Waals surface area contributed by atoms with E-state index in [-0.39, 0.29) is 0 Å². The monoisotopic (exact) mass is 310 g/mol. The molecule has 0 aromatic heterocycles. The average Bonchev–Trinajstić information content (AvgIpc) is 2.57. The third-order valence-corrected chi connectivity index (χ3v) is 3.37.